The minimum absolute atomic E-state index is 0.0177. The third kappa shape index (κ3) is 7.44. The Bertz CT molecular complexity index is 717. The standard InChI is InChI=1S/C19H23F2NO4S2/c20-16-6-3-13(11-17(16)21)10-15(23)5-4-14-12-28-19(26)22(14)7-9-27-8-1-2-18(24)25/h3-6,11,14-15,23H,1-2,7-10,12H2,(H,24,25). The fourth-order valence-corrected chi connectivity index (χ4v) is 4.58. The zero-order chi connectivity index (χ0) is 20.5. The predicted molar refractivity (Wildman–Crippen MR) is 108 cm³/mol. The molecule has 2 rings (SSSR count). The summed E-state index contributed by atoms with van der Waals surface area (Å²) in [6.45, 7) is 0.553. The Labute approximate surface area is 171 Å². The quantitative estimate of drug-likeness (QED) is 0.412. The van der Waals surface area contributed by atoms with Crippen LogP contribution in [-0.2, 0) is 11.2 Å². The Morgan fingerprint density at radius 3 is 2.86 bits per heavy atom. The number of carbonyl (C=O) groups excluding carboxylic acids is 1. The first-order valence-corrected chi connectivity index (χ1v) is 11.0. The number of halogens is 2. The zero-order valence-electron chi connectivity index (χ0n) is 15.2. The monoisotopic (exact) mass is 431 g/mol. The number of aliphatic hydroxyl groups excluding tert-OH is 1. The second-order valence-corrected chi connectivity index (χ2v) is 8.55. The molecule has 1 aromatic rings. The van der Waals surface area contributed by atoms with Gasteiger partial charge in [0, 0.05) is 30.9 Å². The third-order valence-corrected chi connectivity index (χ3v) is 6.19. The lowest BCUT2D eigenvalue weighted by molar-refractivity contribution is -0.137. The molecule has 154 valence electrons. The summed E-state index contributed by atoms with van der Waals surface area (Å²) in [7, 11) is 0. The van der Waals surface area contributed by atoms with Gasteiger partial charge in [-0.3, -0.25) is 9.59 Å². The highest BCUT2D eigenvalue weighted by molar-refractivity contribution is 8.13. The molecule has 1 aromatic carbocycles. The van der Waals surface area contributed by atoms with Crippen molar-refractivity contribution in [3.8, 4) is 0 Å². The highest BCUT2D eigenvalue weighted by atomic mass is 32.2. The molecule has 0 bridgehead atoms. The third-order valence-electron chi connectivity index (χ3n) is 4.15. The minimum atomic E-state index is -0.946. The van der Waals surface area contributed by atoms with E-state index >= 15 is 0 Å². The molecule has 1 aliphatic rings. The summed E-state index contributed by atoms with van der Waals surface area (Å²) in [6, 6.07) is 3.40. The van der Waals surface area contributed by atoms with Crippen molar-refractivity contribution in [1.82, 2.24) is 4.90 Å². The van der Waals surface area contributed by atoms with Crippen LogP contribution in [0, 0.1) is 11.6 Å². The number of benzene rings is 1. The van der Waals surface area contributed by atoms with E-state index in [4.69, 9.17) is 5.11 Å². The molecule has 2 atom stereocenters. The molecule has 28 heavy (non-hydrogen) atoms. The van der Waals surface area contributed by atoms with Gasteiger partial charge in [-0.15, -0.1) is 0 Å². The van der Waals surface area contributed by atoms with Crippen LogP contribution in [0.1, 0.15) is 18.4 Å². The lowest BCUT2D eigenvalue weighted by Crippen LogP contribution is -2.34. The van der Waals surface area contributed by atoms with E-state index in [1.807, 2.05) is 0 Å². The van der Waals surface area contributed by atoms with Gasteiger partial charge in [-0.05, 0) is 29.9 Å². The Hall–Kier alpha value is -1.58. The fourth-order valence-electron chi connectivity index (χ4n) is 2.70. The maximum Gasteiger partial charge on any atom is 0.303 e. The lowest BCUT2D eigenvalue weighted by atomic mass is 10.1. The van der Waals surface area contributed by atoms with Crippen LogP contribution >= 0.6 is 23.5 Å². The first-order chi connectivity index (χ1) is 13.4. The van der Waals surface area contributed by atoms with Gasteiger partial charge in [-0.25, -0.2) is 8.78 Å². The summed E-state index contributed by atoms with van der Waals surface area (Å²) in [5, 5.41) is 18.7. The number of hydrogen-bond donors (Lipinski definition) is 2. The van der Waals surface area contributed by atoms with Crippen LogP contribution < -0.4 is 0 Å². The van der Waals surface area contributed by atoms with Crippen LogP contribution in [0.25, 0.3) is 0 Å². The van der Waals surface area contributed by atoms with Crippen LogP contribution in [-0.4, -0.2) is 62.3 Å². The van der Waals surface area contributed by atoms with Gasteiger partial charge in [0.25, 0.3) is 5.24 Å². The van der Waals surface area contributed by atoms with Gasteiger partial charge < -0.3 is 15.1 Å². The molecule has 9 heteroatoms. The molecular weight excluding hydrogens is 408 g/mol. The molecule has 1 heterocycles. The van der Waals surface area contributed by atoms with Gasteiger partial charge in [-0.2, -0.15) is 11.8 Å². The highest BCUT2D eigenvalue weighted by Crippen LogP contribution is 2.25. The molecular formula is C19H23F2NO4S2. The summed E-state index contributed by atoms with van der Waals surface area (Å²) in [5.74, 6) is -0.636. The Morgan fingerprint density at radius 1 is 1.36 bits per heavy atom. The summed E-state index contributed by atoms with van der Waals surface area (Å²) < 4.78 is 26.2. The van der Waals surface area contributed by atoms with E-state index in [2.05, 4.69) is 0 Å². The summed E-state index contributed by atoms with van der Waals surface area (Å²) in [5.41, 5.74) is 0.488. The van der Waals surface area contributed by atoms with Gasteiger partial charge >= 0.3 is 5.97 Å². The Morgan fingerprint density at radius 2 is 2.14 bits per heavy atom. The first kappa shape index (κ1) is 22.7. The second-order valence-electron chi connectivity index (χ2n) is 6.35. The number of hydrogen-bond acceptors (Lipinski definition) is 5. The van der Waals surface area contributed by atoms with Gasteiger partial charge in [0.2, 0.25) is 0 Å². The van der Waals surface area contributed by atoms with Crippen LogP contribution in [0.3, 0.4) is 0 Å². The summed E-state index contributed by atoms with van der Waals surface area (Å²) in [4.78, 5) is 24.2. The molecule has 0 aromatic heterocycles. The van der Waals surface area contributed by atoms with Gasteiger partial charge in [0.05, 0.1) is 12.1 Å². The Balaban J connectivity index is 1.79. The molecule has 2 N–H and O–H groups in total. The zero-order valence-corrected chi connectivity index (χ0v) is 16.9. The largest absolute Gasteiger partial charge is 0.481 e. The molecule has 0 radical (unpaired) electrons. The van der Waals surface area contributed by atoms with Crippen LogP contribution in [0.15, 0.2) is 30.4 Å². The van der Waals surface area contributed by atoms with Crippen molar-refractivity contribution in [1.29, 1.82) is 0 Å². The maximum absolute atomic E-state index is 13.2. The number of amides is 1. The number of nitrogens with zero attached hydrogens (tertiary/aromatic N) is 1. The van der Waals surface area contributed by atoms with Crippen LogP contribution in [0.5, 0.6) is 0 Å². The van der Waals surface area contributed by atoms with Crippen LogP contribution in [0.2, 0.25) is 0 Å². The van der Waals surface area contributed by atoms with E-state index in [0.29, 0.717) is 30.0 Å². The van der Waals surface area contributed by atoms with Crippen molar-refractivity contribution in [2.75, 3.05) is 23.8 Å². The summed E-state index contributed by atoms with van der Waals surface area (Å²) in [6.07, 6.45) is 3.39. The van der Waals surface area contributed by atoms with E-state index in [-0.39, 0.29) is 24.1 Å². The number of carboxylic acid groups (broad SMARTS) is 1. The lowest BCUT2D eigenvalue weighted by Gasteiger charge is -2.21. The van der Waals surface area contributed by atoms with E-state index in [1.165, 1.54) is 17.8 Å². The van der Waals surface area contributed by atoms with E-state index < -0.39 is 23.7 Å². The molecule has 0 aliphatic carbocycles. The molecule has 2 unspecified atom stereocenters. The molecule has 1 amide bonds. The SMILES string of the molecule is O=C(O)CCCSCCN1C(=O)SCC1C=CC(O)Cc1ccc(F)c(F)c1. The van der Waals surface area contributed by atoms with E-state index in [0.717, 1.165) is 17.9 Å². The fraction of sp³-hybridized carbons (Fsp3) is 0.474. The topological polar surface area (TPSA) is 77.8 Å². The predicted octanol–water partition coefficient (Wildman–Crippen LogP) is 3.56. The van der Waals surface area contributed by atoms with Crippen molar-refractivity contribution < 1.29 is 28.6 Å². The number of thioether (sulfide) groups is 2. The maximum atomic E-state index is 13.2. The molecule has 5 nitrogen and oxygen atoms in total. The number of carboxylic acids is 1. The number of carbonyl (C=O) groups is 2. The molecule has 0 spiro atoms. The molecule has 1 fully saturated rings. The Kier molecular flexibility index (Phi) is 9.27. The molecule has 0 saturated carbocycles. The minimum Gasteiger partial charge on any atom is -0.481 e. The van der Waals surface area contributed by atoms with Crippen molar-refractivity contribution in [2.45, 2.75) is 31.4 Å². The van der Waals surface area contributed by atoms with Gasteiger partial charge in [0.1, 0.15) is 0 Å². The molecule has 1 aliphatic heterocycles. The smallest absolute Gasteiger partial charge is 0.303 e. The number of aliphatic carboxylic acids is 1. The molecule has 1 saturated heterocycles. The van der Waals surface area contributed by atoms with Crippen molar-refractivity contribution in [3.63, 3.8) is 0 Å². The van der Waals surface area contributed by atoms with E-state index in [1.54, 1.807) is 28.8 Å². The van der Waals surface area contributed by atoms with Crippen molar-refractivity contribution in [2.24, 2.45) is 0 Å². The average molecular weight is 432 g/mol. The first-order valence-electron chi connectivity index (χ1n) is 8.90. The normalized spacial score (nSPS) is 18.2. The van der Waals surface area contributed by atoms with Crippen molar-refractivity contribution >= 4 is 34.7 Å². The van der Waals surface area contributed by atoms with Gasteiger partial charge in [0.15, 0.2) is 11.6 Å². The van der Waals surface area contributed by atoms with E-state index in [9.17, 15) is 23.5 Å². The number of rotatable bonds is 11. The number of aliphatic hydroxyl groups is 1. The summed E-state index contributed by atoms with van der Waals surface area (Å²) >= 11 is 2.83. The van der Waals surface area contributed by atoms with Gasteiger partial charge in [-0.1, -0.05) is 30.0 Å². The average Bonchev–Trinajstić information content (AvgIpc) is 2.99. The van der Waals surface area contributed by atoms with Crippen LogP contribution in [0.4, 0.5) is 13.6 Å². The highest BCUT2D eigenvalue weighted by Gasteiger charge is 2.29. The second kappa shape index (κ2) is 11.4. The van der Waals surface area contributed by atoms with Crippen molar-refractivity contribution in [3.05, 3.63) is 47.5 Å².